The molecule has 12 heteroatoms. The summed E-state index contributed by atoms with van der Waals surface area (Å²) in [6.07, 6.45) is -2.25. The summed E-state index contributed by atoms with van der Waals surface area (Å²) in [6, 6.07) is 2.89. The fraction of sp³-hybridized carbons (Fsp3) is 0.613. The predicted octanol–water partition coefficient (Wildman–Crippen LogP) is 9.25. The largest absolute Gasteiger partial charge is 0.573 e. The number of aliphatic hydroxyl groups is 1. The van der Waals surface area contributed by atoms with Crippen molar-refractivity contribution >= 4 is 0 Å². The van der Waals surface area contributed by atoms with Crippen LogP contribution in [-0.2, 0) is 4.74 Å². The van der Waals surface area contributed by atoms with Gasteiger partial charge >= 0.3 is 12.5 Å². The summed E-state index contributed by atoms with van der Waals surface area (Å²) in [6.45, 7) is 2.30. The van der Waals surface area contributed by atoms with Crippen molar-refractivity contribution < 1.29 is 54.4 Å². The summed E-state index contributed by atoms with van der Waals surface area (Å²) in [5, 5.41) is 9.15. The lowest BCUT2D eigenvalue weighted by Gasteiger charge is -2.37. The average molecular weight is 625 g/mol. The third-order valence-electron chi connectivity index (χ3n) is 8.82. The molecule has 43 heavy (non-hydrogen) atoms. The average Bonchev–Trinajstić information content (AvgIpc) is 2.92. The second kappa shape index (κ2) is 14.0. The quantitative estimate of drug-likeness (QED) is 0.200. The highest BCUT2D eigenvalue weighted by Crippen LogP contribution is 2.44. The molecule has 0 radical (unpaired) electrons. The summed E-state index contributed by atoms with van der Waals surface area (Å²) in [4.78, 5) is 0. The molecule has 2 aliphatic rings. The zero-order valence-electron chi connectivity index (χ0n) is 23.7. The van der Waals surface area contributed by atoms with Gasteiger partial charge in [0.1, 0.15) is 24.2 Å². The molecule has 2 saturated carbocycles. The molecule has 0 amide bonds. The van der Waals surface area contributed by atoms with E-state index in [1.165, 1.54) is 0 Å². The van der Waals surface area contributed by atoms with Gasteiger partial charge in [-0.15, -0.1) is 13.2 Å². The molecule has 0 aliphatic heterocycles. The van der Waals surface area contributed by atoms with E-state index in [1.807, 2.05) is 0 Å². The van der Waals surface area contributed by atoms with Crippen LogP contribution in [-0.4, -0.2) is 31.0 Å². The van der Waals surface area contributed by atoms with Gasteiger partial charge in [0.2, 0.25) is 0 Å². The van der Waals surface area contributed by atoms with Crippen LogP contribution in [0, 0.1) is 47.0 Å². The van der Waals surface area contributed by atoms with E-state index < -0.39 is 58.5 Å². The van der Waals surface area contributed by atoms with Gasteiger partial charge in [-0.05, 0) is 86.3 Å². The number of benzene rings is 2. The van der Waals surface area contributed by atoms with Crippen molar-refractivity contribution in [2.45, 2.75) is 77.2 Å². The lowest BCUT2D eigenvalue weighted by atomic mass is 9.71. The van der Waals surface area contributed by atoms with Gasteiger partial charge in [0.25, 0.3) is 0 Å². The monoisotopic (exact) mass is 624 g/mol. The molecule has 4 nitrogen and oxygen atoms in total. The maximum atomic E-state index is 15.1. The third-order valence-corrected chi connectivity index (χ3v) is 8.82. The molecule has 0 heterocycles. The number of hydrogen-bond donors (Lipinski definition) is 1. The van der Waals surface area contributed by atoms with Crippen molar-refractivity contribution in [1.29, 1.82) is 0 Å². The van der Waals surface area contributed by atoms with Gasteiger partial charge in [-0.3, -0.25) is 0 Å². The summed E-state index contributed by atoms with van der Waals surface area (Å²) in [7, 11) is 0. The van der Waals surface area contributed by atoms with E-state index in [0.29, 0.717) is 55.5 Å². The zero-order valence-corrected chi connectivity index (χ0v) is 23.7. The molecule has 2 aliphatic carbocycles. The Balaban J connectivity index is 1.37. The molecule has 240 valence electrons. The maximum absolute atomic E-state index is 15.1. The molecule has 0 spiro atoms. The summed E-state index contributed by atoms with van der Waals surface area (Å²) in [5.41, 5.74) is -1.27. The van der Waals surface area contributed by atoms with Crippen LogP contribution in [0.1, 0.15) is 64.7 Å². The van der Waals surface area contributed by atoms with Gasteiger partial charge in [-0.2, -0.15) is 8.78 Å². The van der Waals surface area contributed by atoms with E-state index in [4.69, 9.17) is 14.6 Å². The van der Waals surface area contributed by atoms with Crippen LogP contribution in [0.4, 0.5) is 35.1 Å². The molecular weight excluding hydrogens is 588 g/mol. The SMILES string of the molecule is CC1CCC(C(COCO)CC2CCC(C(F)(F)Oc3cc(F)c(-c4ccc(OC(F)(F)F)c(F)c4)c(F)c3)CC2)CC1. The highest BCUT2D eigenvalue weighted by atomic mass is 19.4. The number of halogens is 8. The molecule has 0 bridgehead atoms. The highest BCUT2D eigenvalue weighted by molar-refractivity contribution is 5.66. The van der Waals surface area contributed by atoms with E-state index >= 15 is 8.78 Å². The van der Waals surface area contributed by atoms with E-state index in [0.717, 1.165) is 38.2 Å². The first-order valence-corrected chi connectivity index (χ1v) is 14.6. The van der Waals surface area contributed by atoms with Gasteiger partial charge < -0.3 is 19.3 Å². The number of aliphatic hydroxyl groups excluding tert-OH is 1. The minimum atomic E-state index is -5.17. The van der Waals surface area contributed by atoms with Crippen LogP contribution in [0.5, 0.6) is 11.5 Å². The standard InChI is InChI=1S/C31H36F8O4/c1-18-2-6-20(7-3-18)22(16-41-17-40)12-19-4-9-23(10-5-19)30(35,36)42-24-14-26(33)29(27(34)15-24)21-8-11-28(25(32)13-21)43-31(37,38)39/h8,11,13-15,18-20,22-23,40H,2-7,9-10,12,16-17H2,1H3. The highest BCUT2D eigenvalue weighted by Gasteiger charge is 2.44. The number of ether oxygens (including phenoxy) is 3. The Kier molecular flexibility index (Phi) is 10.8. The van der Waals surface area contributed by atoms with Crippen molar-refractivity contribution in [2.75, 3.05) is 13.4 Å². The van der Waals surface area contributed by atoms with Crippen molar-refractivity contribution in [1.82, 2.24) is 0 Å². The molecule has 1 atom stereocenters. The lowest BCUT2D eigenvalue weighted by Crippen LogP contribution is -2.38. The zero-order chi connectivity index (χ0) is 31.4. The van der Waals surface area contributed by atoms with E-state index in [2.05, 4.69) is 11.7 Å². The topological polar surface area (TPSA) is 47.9 Å². The maximum Gasteiger partial charge on any atom is 0.573 e. The summed E-state index contributed by atoms with van der Waals surface area (Å²) in [5.74, 6) is -5.75. The third kappa shape index (κ3) is 8.97. The molecule has 2 aromatic rings. The van der Waals surface area contributed by atoms with Crippen molar-refractivity contribution in [3.05, 3.63) is 47.8 Å². The molecule has 0 saturated heterocycles. The van der Waals surface area contributed by atoms with Gasteiger partial charge in [-0.25, -0.2) is 13.2 Å². The molecule has 2 fully saturated rings. The van der Waals surface area contributed by atoms with E-state index in [9.17, 15) is 26.3 Å². The van der Waals surface area contributed by atoms with Crippen molar-refractivity contribution in [3.8, 4) is 22.6 Å². The van der Waals surface area contributed by atoms with Crippen molar-refractivity contribution in [3.63, 3.8) is 0 Å². The van der Waals surface area contributed by atoms with Gasteiger partial charge in [0, 0.05) is 12.1 Å². The number of rotatable bonds is 11. The Hall–Kier alpha value is -2.60. The van der Waals surface area contributed by atoms with Gasteiger partial charge in [0.15, 0.2) is 11.6 Å². The second-order valence-corrected chi connectivity index (χ2v) is 11.9. The normalized spacial score (nSPS) is 24.0. The molecule has 4 rings (SSSR count). The van der Waals surface area contributed by atoms with Crippen molar-refractivity contribution in [2.24, 2.45) is 29.6 Å². The number of alkyl halides is 5. The van der Waals surface area contributed by atoms with E-state index in [1.54, 1.807) is 0 Å². The van der Waals surface area contributed by atoms with E-state index in [-0.39, 0.29) is 31.5 Å². The Morgan fingerprint density at radius 3 is 2.00 bits per heavy atom. The van der Waals surface area contributed by atoms with Crippen LogP contribution in [0.3, 0.4) is 0 Å². The minimum absolute atomic E-state index is 0.154. The minimum Gasteiger partial charge on any atom is -0.432 e. The lowest BCUT2D eigenvalue weighted by molar-refractivity contribution is -0.275. The van der Waals surface area contributed by atoms with Gasteiger partial charge in [-0.1, -0.05) is 25.8 Å². The number of hydrogen-bond acceptors (Lipinski definition) is 4. The molecule has 1 unspecified atom stereocenters. The summed E-state index contributed by atoms with van der Waals surface area (Å²) >= 11 is 0. The van der Waals surface area contributed by atoms with Crippen LogP contribution < -0.4 is 9.47 Å². The molecule has 2 aromatic carbocycles. The Morgan fingerprint density at radius 2 is 1.44 bits per heavy atom. The fourth-order valence-corrected chi connectivity index (χ4v) is 6.51. The Labute approximate surface area is 245 Å². The van der Waals surface area contributed by atoms with Crippen LogP contribution in [0.25, 0.3) is 11.1 Å². The molecular formula is C31H36F8O4. The first kappa shape index (κ1) is 33.3. The first-order chi connectivity index (χ1) is 20.3. The van der Waals surface area contributed by atoms with Crippen LogP contribution in [0.15, 0.2) is 30.3 Å². The van der Waals surface area contributed by atoms with Gasteiger partial charge in [0.05, 0.1) is 18.1 Å². The van der Waals surface area contributed by atoms with Crippen LogP contribution in [0.2, 0.25) is 0 Å². The molecule has 0 aromatic heterocycles. The Morgan fingerprint density at radius 1 is 0.814 bits per heavy atom. The summed E-state index contributed by atoms with van der Waals surface area (Å²) < 4.78 is 125. The molecule has 1 N–H and O–H groups in total. The Bertz CT molecular complexity index is 1180. The smallest absolute Gasteiger partial charge is 0.432 e. The second-order valence-electron chi connectivity index (χ2n) is 11.9. The first-order valence-electron chi connectivity index (χ1n) is 14.6. The predicted molar refractivity (Wildman–Crippen MR) is 142 cm³/mol. The van der Waals surface area contributed by atoms with Crippen LogP contribution >= 0.6 is 0 Å². The fourth-order valence-electron chi connectivity index (χ4n) is 6.51.